The highest BCUT2D eigenvalue weighted by Crippen LogP contribution is 2.27. The average Bonchev–Trinajstić information content (AvgIpc) is 3.38. The van der Waals surface area contributed by atoms with E-state index in [2.05, 4.69) is 45.4 Å². The molecule has 5 aromatic rings. The van der Waals surface area contributed by atoms with Gasteiger partial charge in [0.2, 0.25) is 0 Å². The number of hydrogen-bond acceptors (Lipinski definition) is 4. The molecular weight excluding hydrogens is 326 g/mol. The number of fused-ring (bicyclic) bond motifs is 2. The van der Waals surface area contributed by atoms with Gasteiger partial charge in [0.05, 0.1) is 35.5 Å². The van der Waals surface area contributed by atoms with Crippen LogP contribution < -0.4 is 0 Å². The van der Waals surface area contributed by atoms with Crippen LogP contribution in [0.25, 0.3) is 27.8 Å². The fourth-order valence-corrected chi connectivity index (χ4v) is 3.30. The SMILES string of the molecule is CC(c1ccc2[nH]ncc2c1)c1cnc2ccc(-c3cnn(C)c3)nn12. The Kier molecular flexibility index (Phi) is 3.15. The second-order valence-electron chi connectivity index (χ2n) is 6.51. The van der Waals surface area contributed by atoms with E-state index in [0.717, 1.165) is 33.5 Å². The lowest BCUT2D eigenvalue weighted by molar-refractivity contribution is 0.767. The Morgan fingerprint density at radius 2 is 2.00 bits per heavy atom. The van der Waals surface area contributed by atoms with Crippen LogP contribution in [0.15, 0.2) is 55.1 Å². The number of H-pyrrole nitrogens is 1. The van der Waals surface area contributed by atoms with E-state index in [9.17, 15) is 0 Å². The number of aryl methyl sites for hydroxylation is 1. The first kappa shape index (κ1) is 14.8. The minimum absolute atomic E-state index is 0.154. The van der Waals surface area contributed by atoms with Crippen LogP contribution in [0.4, 0.5) is 0 Å². The van der Waals surface area contributed by atoms with E-state index >= 15 is 0 Å². The summed E-state index contributed by atoms with van der Waals surface area (Å²) >= 11 is 0. The van der Waals surface area contributed by atoms with Crippen molar-refractivity contribution in [2.45, 2.75) is 12.8 Å². The quantitative estimate of drug-likeness (QED) is 0.546. The summed E-state index contributed by atoms with van der Waals surface area (Å²) in [6.07, 6.45) is 7.53. The molecule has 4 heterocycles. The number of nitrogens with one attached hydrogen (secondary N) is 1. The zero-order valence-electron chi connectivity index (χ0n) is 14.5. The van der Waals surface area contributed by atoms with E-state index in [0.29, 0.717) is 0 Å². The average molecular weight is 343 g/mol. The van der Waals surface area contributed by atoms with Crippen LogP contribution in [-0.2, 0) is 7.05 Å². The maximum Gasteiger partial charge on any atom is 0.153 e. The van der Waals surface area contributed by atoms with Crippen LogP contribution >= 0.6 is 0 Å². The van der Waals surface area contributed by atoms with Gasteiger partial charge >= 0.3 is 0 Å². The van der Waals surface area contributed by atoms with Gasteiger partial charge in [0.15, 0.2) is 5.65 Å². The highest BCUT2D eigenvalue weighted by Gasteiger charge is 2.16. The third kappa shape index (κ3) is 2.28. The molecule has 1 unspecified atom stereocenters. The fourth-order valence-electron chi connectivity index (χ4n) is 3.30. The van der Waals surface area contributed by atoms with Crippen molar-refractivity contribution in [2.75, 3.05) is 0 Å². The molecule has 0 aliphatic heterocycles. The van der Waals surface area contributed by atoms with E-state index in [1.54, 1.807) is 4.68 Å². The second kappa shape index (κ2) is 5.52. The molecule has 0 aliphatic rings. The topological polar surface area (TPSA) is 76.7 Å². The van der Waals surface area contributed by atoms with E-state index in [1.807, 2.05) is 48.5 Å². The summed E-state index contributed by atoms with van der Waals surface area (Å²) in [5, 5.41) is 17.2. The van der Waals surface area contributed by atoms with Crippen molar-refractivity contribution in [1.29, 1.82) is 0 Å². The Bertz CT molecular complexity index is 1230. The van der Waals surface area contributed by atoms with Crippen molar-refractivity contribution in [2.24, 2.45) is 7.05 Å². The van der Waals surface area contributed by atoms with Gasteiger partial charge in [0.25, 0.3) is 0 Å². The Hall–Kier alpha value is -3.48. The number of aromatic nitrogens is 7. The fraction of sp³-hybridized carbons (Fsp3) is 0.158. The van der Waals surface area contributed by atoms with Crippen LogP contribution in [0.2, 0.25) is 0 Å². The van der Waals surface area contributed by atoms with Crippen LogP contribution in [-0.4, -0.2) is 34.6 Å². The molecule has 128 valence electrons. The zero-order valence-corrected chi connectivity index (χ0v) is 14.5. The van der Waals surface area contributed by atoms with Crippen LogP contribution in [0.1, 0.15) is 24.1 Å². The van der Waals surface area contributed by atoms with Gasteiger partial charge < -0.3 is 0 Å². The maximum absolute atomic E-state index is 4.80. The number of hydrogen-bond donors (Lipinski definition) is 1. The largest absolute Gasteiger partial charge is 0.278 e. The van der Waals surface area contributed by atoms with E-state index in [-0.39, 0.29) is 5.92 Å². The lowest BCUT2D eigenvalue weighted by Gasteiger charge is -2.12. The van der Waals surface area contributed by atoms with Crippen molar-refractivity contribution < 1.29 is 0 Å². The van der Waals surface area contributed by atoms with Crippen molar-refractivity contribution in [3.8, 4) is 11.3 Å². The molecule has 0 saturated carbocycles. The predicted molar refractivity (Wildman–Crippen MR) is 98.8 cm³/mol. The van der Waals surface area contributed by atoms with Gasteiger partial charge in [0, 0.05) is 30.1 Å². The summed E-state index contributed by atoms with van der Waals surface area (Å²) < 4.78 is 3.70. The molecule has 7 heteroatoms. The summed E-state index contributed by atoms with van der Waals surface area (Å²) in [6, 6.07) is 10.3. The van der Waals surface area contributed by atoms with Gasteiger partial charge in [-0.2, -0.15) is 15.3 Å². The number of imidazole rings is 1. The standard InChI is InChI=1S/C19H17N7/c1-12(13-3-4-16-14(7-13)8-21-23-16)18-10-20-19-6-5-17(24-26(18)19)15-9-22-25(2)11-15/h3-12H,1-2H3,(H,21,23). The zero-order chi connectivity index (χ0) is 17.7. The van der Waals surface area contributed by atoms with E-state index in [1.165, 1.54) is 5.56 Å². The molecule has 0 amide bonds. The highest BCUT2D eigenvalue weighted by molar-refractivity contribution is 5.78. The Balaban J connectivity index is 1.61. The highest BCUT2D eigenvalue weighted by atomic mass is 15.3. The molecule has 0 radical (unpaired) electrons. The minimum Gasteiger partial charge on any atom is -0.278 e. The molecule has 0 aliphatic carbocycles. The van der Waals surface area contributed by atoms with Gasteiger partial charge in [0.1, 0.15) is 0 Å². The lowest BCUT2D eigenvalue weighted by Crippen LogP contribution is -2.04. The molecule has 1 aromatic carbocycles. The van der Waals surface area contributed by atoms with E-state index < -0.39 is 0 Å². The molecule has 4 aromatic heterocycles. The molecule has 7 nitrogen and oxygen atoms in total. The molecule has 1 N–H and O–H groups in total. The molecule has 5 rings (SSSR count). The number of rotatable bonds is 3. The molecular formula is C19H17N7. The molecule has 26 heavy (non-hydrogen) atoms. The van der Waals surface area contributed by atoms with Crippen LogP contribution in [0, 0.1) is 0 Å². The first-order chi connectivity index (χ1) is 12.7. The monoisotopic (exact) mass is 343 g/mol. The molecule has 1 atom stereocenters. The summed E-state index contributed by atoms with van der Waals surface area (Å²) in [4.78, 5) is 4.52. The third-order valence-corrected chi connectivity index (χ3v) is 4.80. The summed E-state index contributed by atoms with van der Waals surface area (Å²) in [5.74, 6) is 0.154. The Morgan fingerprint density at radius 1 is 1.08 bits per heavy atom. The Morgan fingerprint density at radius 3 is 2.85 bits per heavy atom. The predicted octanol–water partition coefficient (Wildman–Crippen LogP) is 3.16. The van der Waals surface area contributed by atoms with Gasteiger partial charge in [-0.05, 0) is 29.8 Å². The summed E-state index contributed by atoms with van der Waals surface area (Å²) in [6.45, 7) is 2.17. The van der Waals surface area contributed by atoms with Crippen LogP contribution in [0.5, 0.6) is 0 Å². The number of aromatic amines is 1. The molecule has 0 fully saturated rings. The van der Waals surface area contributed by atoms with Crippen molar-refractivity contribution in [3.63, 3.8) is 0 Å². The first-order valence-electron chi connectivity index (χ1n) is 8.46. The minimum atomic E-state index is 0.154. The normalized spacial score (nSPS) is 12.8. The van der Waals surface area contributed by atoms with Gasteiger partial charge in [-0.1, -0.05) is 13.0 Å². The number of benzene rings is 1. The maximum atomic E-state index is 4.80. The van der Waals surface area contributed by atoms with Crippen molar-refractivity contribution >= 4 is 16.6 Å². The molecule has 0 spiro atoms. The smallest absolute Gasteiger partial charge is 0.153 e. The van der Waals surface area contributed by atoms with E-state index in [4.69, 9.17) is 5.10 Å². The van der Waals surface area contributed by atoms with Gasteiger partial charge in [-0.25, -0.2) is 9.50 Å². The summed E-state index contributed by atoms with van der Waals surface area (Å²) in [5.41, 5.74) is 5.99. The van der Waals surface area contributed by atoms with Crippen molar-refractivity contribution in [1.82, 2.24) is 34.6 Å². The molecule has 0 saturated heterocycles. The van der Waals surface area contributed by atoms with Crippen LogP contribution in [0.3, 0.4) is 0 Å². The first-order valence-corrected chi connectivity index (χ1v) is 8.46. The van der Waals surface area contributed by atoms with Gasteiger partial charge in [-0.15, -0.1) is 0 Å². The number of nitrogens with zero attached hydrogens (tertiary/aromatic N) is 6. The Labute approximate surface area is 149 Å². The van der Waals surface area contributed by atoms with Crippen molar-refractivity contribution in [3.05, 3.63) is 66.4 Å². The lowest BCUT2D eigenvalue weighted by atomic mass is 9.97. The third-order valence-electron chi connectivity index (χ3n) is 4.80. The summed E-state index contributed by atoms with van der Waals surface area (Å²) in [7, 11) is 1.90. The molecule has 0 bridgehead atoms. The second-order valence-corrected chi connectivity index (χ2v) is 6.51. The van der Waals surface area contributed by atoms with Gasteiger partial charge in [-0.3, -0.25) is 9.78 Å².